The van der Waals surface area contributed by atoms with Crippen molar-refractivity contribution in [1.82, 2.24) is 0 Å². The van der Waals surface area contributed by atoms with E-state index in [4.69, 9.17) is 14.2 Å². The smallest absolute Gasteiger partial charge is 0.143 e. The zero-order valence-corrected chi connectivity index (χ0v) is 22.2. The summed E-state index contributed by atoms with van der Waals surface area (Å²) in [6, 6.07) is 3.97. The molecule has 2 aliphatic carbocycles. The molecule has 1 saturated heterocycles. The van der Waals surface area contributed by atoms with Crippen LogP contribution in [0.15, 0.2) is 23.8 Å². The standard InChI is InChI=1S/C29H42O5/c1-18(10-11-20-16-21(32-7)15-19(2)24(20)33-8)14-22(30)25-27(5)12-9-13-28(27,6)29(25)17-23(31)26(3,4)34-29/h10,15-16,23,25,31H,9,11-14,17H2,1-8H3/b18-10+/t23-,25+,27+,28+,29-/m0/s1. The van der Waals surface area contributed by atoms with Gasteiger partial charge in [0.05, 0.1) is 37.4 Å². The number of methoxy groups -OCH3 is 2. The van der Waals surface area contributed by atoms with E-state index in [0.29, 0.717) is 19.3 Å². The van der Waals surface area contributed by atoms with Crippen molar-refractivity contribution in [1.29, 1.82) is 0 Å². The second-order valence-corrected chi connectivity index (χ2v) is 11.9. The third-order valence-electron chi connectivity index (χ3n) is 9.63. The van der Waals surface area contributed by atoms with Gasteiger partial charge in [-0.15, -0.1) is 0 Å². The molecule has 0 bridgehead atoms. The Labute approximate surface area is 204 Å². The monoisotopic (exact) mass is 470 g/mol. The molecule has 0 unspecified atom stereocenters. The minimum Gasteiger partial charge on any atom is -0.497 e. The summed E-state index contributed by atoms with van der Waals surface area (Å²) in [5, 5.41) is 10.8. The van der Waals surface area contributed by atoms with E-state index < -0.39 is 17.3 Å². The van der Waals surface area contributed by atoms with E-state index in [-0.39, 0.29) is 22.5 Å². The summed E-state index contributed by atoms with van der Waals surface area (Å²) in [6.45, 7) is 12.5. The molecule has 0 radical (unpaired) electrons. The van der Waals surface area contributed by atoms with Crippen molar-refractivity contribution in [2.45, 2.75) is 97.4 Å². The number of carbonyl (C=O) groups is 1. The first-order valence-corrected chi connectivity index (χ1v) is 12.6. The molecule has 1 heterocycles. The van der Waals surface area contributed by atoms with E-state index in [1.165, 1.54) is 0 Å². The lowest BCUT2D eigenvalue weighted by atomic mass is 9.36. The first kappa shape index (κ1) is 25.2. The third kappa shape index (κ3) is 3.45. The summed E-state index contributed by atoms with van der Waals surface area (Å²) < 4.78 is 17.7. The van der Waals surface area contributed by atoms with Crippen LogP contribution in [0.5, 0.6) is 11.5 Å². The molecule has 188 valence electrons. The van der Waals surface area contributed by atoms with Crippen LogP contribution in [0.4, 0.5) is 0 Å². The third-order valence-corrected chi connectivity index (χ3v) is 9.63. The van der Waals surface area contributed by atoms with Gasteiger partial charge in [-0.3, -0.25) is 4.79 Å². The zero-order chi connectivity index (χ0) is 25.1. The van der Waals surface area contributed by atoms with Crippen molar-refractivity contribution >= 4 is 5.78 Å². The number of ether oxygens (including phenoxy) is 3. The minimum absolute atomic E-state index is 0.0712. The Kier molecular flexibility index (Phi) is 6.22. The topological polar surface area (TPSA) is 65.0 Å². The molecule has 5 nitrogen and oxygen atoms in total. The van der Waals surface area contributed by atoms with E-state index >= 15 is 0 Å². The highest BCUT2D eigenvalue weighted by molar-refractivity contribution is 5.87. The highest BCUT2D eigenvalue weighted by atomic mass is 16.6. The summed E-state index contributed by atoms with van der Waals surface area (Å²) in [5.41, 5.74) is 1.79. The lowest BCUT2D eigenvalue weighted by Crippen LogP contribution is -2.75. The first-order chi connectivity index (χ1) is 15.8. The van der Waals surface area contributed by atoms with E-state index in [0.717, 1.165) is 47.5 Å². The largest absolute Gasteiger partial charge is 0.497 e. The number of aliphatic hydroxyl groups is 1. The second kappa shape index (κ2) is 8.37. The average Bonchev–Trinajstić information content (AvgIpc) is 3.17. The number of Topliss-reactive ketones (excluding diaryl/α,β-unsaturated/α-hetero) is 1. The van der Waals surface area contributed by atoms with Crippen molar-refractivity contribution < 1.29 is 24.1 Å². The highest BCUT2D eigenvalue weighted by Gasteiger charge is 2.82. The van der Waals surface area contributed by atoms with Gasteiger partial charge in [0.1, 0.15) is 17.3 Å². The summed E-state index contributed by atoms with van der Waals surface area (Å²) in [7, 11) is 3.35. The molecular weight excluding hydrogens is 428 g/mol. The van der Waals surface area contributed by atoms with Crippen molar-refractivity contribution in [3.05, 3.63) is 34.9 Å². The maximum absolute atomic E-state index is 13.8. The summed E-state index contributed by atoms with van der Waals surface area (Å²) in [4.78, 5) is 13.8. The zero-order valence-electron chi connectivity index (χ0n) is 22.2. The molecule has 2 saturated carbocycles. The van der Waals surface area contributed by atoms with Gasteiger partial charge in [-0.25, -0.2) is 0 Å². The van der Waals surface area contributed by atoms with Crippen LogP contribution in [-0.2, 0) is 16.0 Å². The van der Waals surface area contributed by atoms with Crippen molar-refractivity contribution in [3.63, 3.8) is 0 Å². The van der Waals surface area contributed by atoms with Crippen molar-refractivity contribution in [2.24, 2.45) is 16.7 Å². The van der Waals surface area contributed by atoms with Gasteiger partial charge in [-0.2, -0.15) is 0 Å². The molecule has 1 aromatic rings. The highest BCUT2D eigenvalue weighted by Crippen LogP contribution is 2.78. The number of allylic oxidation sites excluding steroid dienone is 2. The molecule has 34 heavy (non-hydrogen) atoms. The van der Waals surface area contributed by atoms with Gasteiger partial charge in [-0.1, -0.05) is 31.9 Å². The molecule has 0 aromatic heterocycles. The fourth-order valence-corrected chi connectivity index (χ4v) is 7.63. The Hall–Kier alpha value is -1.85. The van der Waals surface area contributed by atoms with Gasteiger partial charge in [0, 0.05) is 23.8 Å². The fraction of sp³-hybridized carbons (Fsp3) is 0.690. The van der Waals surface area contributed by atoms with Crippen LogP contribution < -0.4 is 9.47 Å². The maximum Gasteiger partial charge on any atom is 0.143 e. The van der Waals surface area contributed by atoms with Crippen LogP contribution in [0.1, 0.15) is 77.8 Å². The lowest BCUT2D eigenvalue weighted by molar-refractivity contribution is -0.304. The molecule has 4 rings (SSSR count). The van der Waals surface area contributed by atoms with Crippen LogP contribution in [0.2, 0.25) is 0 Å². The number of ketones is 1. The van der Waals surface area contributed by atoms with Crippen LogP contribution in [0.3, 0.4) is 0 Å². The lowest BCUT2D eigenvalue weighted by Gasteiger charge is -2.70. The number of carbonyl (C=O) groups excluding carboxylic acids is 1. The van der Waals surface area contributed by atoms with Gasteiger partial charge in [0.15, 0.2) is 0 Å². The predicted molar refractivity (Wildman–Crippen MR) is 133 cm³/mol. The van der Waals surface area contributed by atoms with Crippen molar-refractivity contribution in [2.75, 3.05) is 14.2 Å². The molecule has 3 fully saturated rings. The van der Waals surface area contributed by atoms with Gasteiger partial charge in [-0.05, 0) is 70.1 Å². The SMILES string of the molecule is COc1cc(C)c(OC)c(C/C=C(\C)CC(=O)[C@H]2[C@@]3(C[C@H](O)C(C)(C)O3)[C@]3(C)CCC[C@]23C)c1. The van der Waals surface area contributed by atoms with Crippen LogP contribution in [0.25, 0.3) is 0 Å². The Morgan fingerprint density at radius 3 is 2.47 bits per heavy atom. The predicted octanol–water partition coefficient (Wildman–Crippen LogP) is 5.59. The number of benzene rings is 1. The van der Waals surface area contributed by atoms with E-state index in [1.54, 1.807) is 14.2 Å². The van der Waals surface area contributed by atoms with E-state index in [9.17, 15) is 9.90 Å². The molecule has 1 N–H and O–H groups in total. The Bertz CT molecular complexity index is 1010. The molecule has 5 heteroatoms. The average molecular weight is 471 g/mol. The van der Waals surface area contributed by atoms with Gasteiger partial charge < -0.3 is 19.3 Å². The van der Waals surface area contributed by atoms with Crippen LogP contribution in [-0.4, -0.2) is 42.4 Å². The maximum atomic E-state index is 13.8. The van der Waals surface area contributed by atoms with E-state index in [2.05, 4.69) is 19.9 Å². The number of rotatable bonds is 7. The summed E-state index contributed by atoms with van der Waals surface area (Å²) >= 11 is 0. The molecular formula is C29H42O5. The summed E-state index contributed by atoms with van der Waals surface area (Å²) in [6.07, 6.45) is 6.42. The second-order valence-electron chi connectivity index (χ2n) is 11.9. The Balaban J connectivity index is 1.56. The van der Waals surface area contributed by atoms with Gasteiger partial charge in [0.25, 0.3) is 0 Å². The summed E-state index contributed by atoms with van der Waals surface area (Å²) in [5.74, 6) is 1.73. The normalized spacial score (nSPS) is 36.3. The van der Waals surface area contributed by atoms with Crippen LogP contribution >= 0.6 is 0 Å². The number of aryl methyl sites for hydroxylation is 1. The van der Waals surface area contributed by atoms with Gasteiger partial charge >= 0.3 is 0 Å². The van der Waals surface area contributed by atoms with Crippen LogP contribution in [0, 0.1) is 23.7 Å². The number of fused-ring (bicyclic) bond motifs is 2. The number of hydrogen-bond donors (Lipinski definition) is 1. The van der Waals surface area contributed by atoms with E-state index in [1.807, 2.05) is 39.8 Å². The first-order valence-electron chi connectivity index (χ1n) is 12.6. The Morgan fingerprint density at radius 1 is 1.18 bits per heavy atom. The quantitative estimate of drug-likeness (QED) is 0.527. The molecule has 1 spiro atoms. The fourth-order valence-electron chi connectivity index (χ4n) is 7.63. The molecule has 0 amide bonds. The number of aliphatic hydroxyl groups excluding tert-OH is 1. The number of hydrogen-bond acceptors (Lipinski definition) is 5. The Morgan fingerprint density at radius 2 is 1.88 bits per heavy atom. The van der Waals surface area contributed by atoms with Gasteiger partial charge in [0.2, 0.25) is 0 Å². The minimum atomic E-state index is -0.628. The molecule has 5 atom stereocenters. The van der Waals surface area contributed by atoms with Crippen molar-refractivity contribution in [3.8, 4) is 11.5 Å². The molecule has 3 aliphatic rings. The molecule has 1 aromatic carbocycles. The molecule has 1 aliphatic heterocycles.